The molecule has 4 nitrogen and oxygen atoms in total. The van der Waals surface area contributed by atoms with Crippen molar-refractivity contribution in [3.63, 3.8) is 0 Å². The van der Waals surface area contributed by atoms with Gasteiger partial charge in [-0.25, -0.2) is 0 Å². The number of nitrogens with one attached hydrogen (secondary N) is 1. The predicted molar refractivity (Wildman–Crippen MR) is 100 cm³/mol. The molecule has 0 aromatic heterocycles. The van der Waals surface area contributed by atoms with Gasteiger partial charge in [-0.05, 0) is 62.2 Å². The lowest BCUT2D eigenvalue weighted by atomic mass is 10.2. The van der Waals surface area contributed by atoms with Crippen LogP contribution in [0.1, 0.15) is 32.3 Å². The predicted octanol–water partition coefficient (Wildman–Crippen LogP) is 4.60. The first-order valence-electron chi connectivity index (χ1n) is 8.43. The largest absolute Gasteiger partial charge is 0.494 e. The van der Waals surface area contributed by atoms with Crippen molar-refractivity contribution in [2.45, 2.75) is 39.3 Å². The number of carbonyl (C=O) groups excluding carboxylic acids is 1. The van der Waals surface area contributed by atoms with E-state index in [1.54, 1.807) is 12.1 Å². The number of halogens is 1. The number of ether oxygens (including phenoxy) is 2. The summed E-state index contributed by atoms with van der Waals surface area (Å²) in [5, 5.41) is 3.59. The number of hydrogen-bond donors (Lipinski definition) is 1. The van der Waals surface area contributed by atoms with Crippen LogP contribution in [0.25, 0.3) is 0 Å². The molecule has 0 unspecified atom stereocenters. The Balaban J connectivity index is 1.66. The standard InChI is InChI=1S/C20H24ClNO3/c1-15(2)25-19-6-3-5-16(13-19)14-22-20(23)7-4-12-24-18-10-8-17(21)9-11-18/h3,5-6,8-11,13,15H,4,7,12,14H2,1-2H3,(H,22,23). The summed E-state index contributed by atoms with van der Waals surface area (Å²) in [6.07, 6.45) is 1.21. The van der Waals surface area contributed by atoms with Crippen LogP contribution in [0.2, 0.25) is 5.02 Å². The third-order valence-corrected chi connectivity index (χ3v) is 3.64. The van der Waals surface area contributed by atoms with E-state index in [0.717, 1.165) is 17.1 Å². The molecular weight excluding hydrogens is 338 g/mol. The molecular formula is C20H24ClNO3. The molecule has 2 rings (SSSR count). The molecule has 0 aliphatic rings. The highest BCUT2D eigenvalue weighted by Gasteiger charge is 2.04. The molecule has 0 heterocycles. The second-order valence-electron chi connectivity index (χ2n) is 6.00. The van der Waals surface area contributed by atoms with Crippen LogP contribution in [0.3, 0.4) is 0 Å². The molecule has 1 N–H and O–H groups in total. The molecule has 2 aromatic rings. The fourth-order valence-electron chi connectivity index (χ4n) is 2.24. The molecule has 25 heavy (non-hydrogen) atoms. The molecule has 0 fully saturated rings. The van der Waals surface area contributed by atoms with Crippen LogP contribution in [0.5, 0.6) is 11.5 Å². The molecule has 0 saturated heterocycles. The van der Waals surface area contributed by atoms with Crippen LogP contribution in [0, 0.1) is 0 Å². The van der Waals surface area contributed by atoms with E-state index in [0.29, 0.717) is 31.0 Å². The molecule has 2 aromatic carbocycles. The summed E-state index contributed by atoms with van der Waals surface area (Å²) in [5.41, 5.74) is 1.02. The molecule has 1 amide bonds. The van der Waals surface area contributed by atoms with Crippen LogP contribution in [-0.4, -0.2) is 18.6 Å². The van der Waals surface area contributed by atoms with Gasteiger partial charge in [-0.2, -0.15) is 0 Å². The van der Waals surface area contributed by atoms with E-state index in [2.05, 4.69) is 5.32 Å². The minimum atomic E-state index is 0.00915. The van der Waals surface area contributed by atoms with Gasteiger partial charge in [0, 0.05) is 18.0 Å². The fraction of sp³-hybridized carbons (Fsp3) is 0.350. The van der Waals surface area contributed by atoms with Gasteiger partial charge in [0.1, 0.15) is 11.5 Å². The van der Waals surface area contributed by atoms with E-state index < -0.39 is 0 Å². The van der Waals surface area contributed by atoms with Crippen LogP contribution >= 0.6 is 11.6 Å². The van der Waals surface area contributed by atoms with Gasteiger partial charge in [0.2, 0.25) is 5.91 Å². The second kappa shape index (κ2) is 9.94. The maximum atomic E-state index is 11.9. The molecule has 0 atom stereocenters. The fourth-order valence-corrected chi connectivity index (χ4v) is 2.37. The van der Waals surface area contributed by atoms with E-state index in [9.17, 15) is 4.79 Å². The minimum Gasteiger partial charge on any atom is -0.494 e. The van der Waals surface area contributed by atoms with Crippen molar-refractivity contribution in [2.24, 2.45) is 0 Å². The maximum absolute atomic E-state index is 11.9. The Morgan fingerprint density at radius 3 is 2.60 bits per heavy atom. The molecule has 0 aliphatic carbocycles. The zero-order valence-corrected chi connectivity index (χ0v) is 15.4. The Morgan fingerprint density at radius 2 is 1.88 bits per heavy atom. The molecule has 0 bridgehead atoms. The summed E-state index contributed by atoms with van der Waals surface area (Å²) >= 11 is 5.82. The lowest BCUT2D eigenvalue weighted by Gasteiger charge is -2.11. The van der Waals surface area contributed by atoms with Crippen molar-refractivity contribution in [3.05, 3.63) is 59.1 Å². The topological polar surface area (TPSA) is 47.6 Å². The number of rotatable bonds is 9. The summed E-state index contributed by atoms with van der Waals surface area (Å²) in [4.78, 5) is 11.9. The third-order valence-electron chi connectivity index (χ3n) is 3.39. The van der Waals surface area contributed by atoms with Gasteiger partial charge in [0.05, 0.1) is 12.7 Å². The van der Waals surface area contributed by atoms with Crippen LogP contribution < -0.4 is 14.8 Å². The van der Waals surface area contributed by atoms with Gasteiger partial charge in [0.25, 0.3) is 0 Å². The van der Waals surface area contributed by atoms with Crippen molar-refractivity contribution in [1.82, 2.24) is 5.32 Å². The highest BCUT2D eigenvalue weighted by Crippen LogP contribution is 2.16. The third kappa shape index (κ3) is 7.48. The normalized spacial score (nSPS) is 10.6. The summed E-state index contributed by atoms with van der Waals surface area (Å²) in [7, 11) is 0. The average Bonchev–Trinajstić information content (AvgIpc) is 2.58. The smallest absolute Gasteiger partial charge is 0.220 e. The zero-order valence-electron chi connectivity index (χ0n) is 14.6. The van der Waals surface area contributed by atoms with Gasteiger partial charge in [-0.3, -0.25) is 4.79 Å². The SMILES string of the molecule is CC(C)Oc1cccc(CNC(=O)CCCOc2ccc(Cl)cc2)c1. The Morgan fingerprint density at radius 1 is 1.12 bits per heavy atom. The van der Waals surface area contributed by atoms with Gasteiger partial charge in [0.15, 0.2) is 0 Å². The first-order valence-corrected chi connectivity index (χ1v) is 8.81. The van der Waals surface area contributed by atoms with Crippen molar-refractivity contribution in [2.75, 3.05) is 6.61 Å². The summed E-state index contributed by atoms with van der Waals surface area (Å²) in [6, 6.07) is 14.9. The summed E-state index contributed by atoms with van der Waals surface area (Å²) in [6.45, 7) is 4.96. The summed E-state index contributed by atoms with van der Waals surface area (Å²) in [5.74, 6) is 1.58. The van der Waals surface area contributed by atoms with Gasteiger partial charge in [-0.1, -0.05) is 23.7 Å². The Hall–Kier alpha value is -2.20. The number of benzene rings is 2. The minimum absolute atomic E-state index is 0.00915. The Labute approximate surface area is 154 Å². The molecule has 0 spiro atoms. The van der Waals surface area contributed by atoms with Crippen molar-refractivity contribution >= 4 is 17.5 Å². The number of hydrogen-bond acceptors (Lipinski definition) is 3. The molecule has 0 aliphatic heterocycles. The Kier molecular flexibility index (Phi) is 7.61. The molecule has 0 saturated carbocycles. The number of carbonyl (C=O) groups is 1. The van der Waals surface area contributed by atoms with E-state index in [1.807, 2.05) is 50.2 Å². The van der Waals surface area contributed by atoms with Gasteiger partial charge < -0.3 is 14.8 Å². The van der Waals surface area contributed by atoms with Crippen LogP contribution in [-0.2, 0) is 11.3 Å². The maximum Gasteiger partial charge on any atom is 0.220 e. The van der Waals surface area contributed by atoms with Crippen molar-refractivity contribution in [1.29, 1.82) is 0 Å². The lowest BCUT2D eigenvalue weighted by molar-refractivity contribution is -0.121. The van der Waals surface area contributed by atoms with E-state index in [-0.39, 0.29) is 12.0 Å². The highest BCUT2D eigenvalue weighted by atomic mass is 35.5. The zero-order chi connectivity index (χ0) is 18.1. The quantitative estimate of drug-likeness (QED) is 0.664. The van der Waals surface area contributed by atoms with Crippen LogP contribution in [0.4, 0.5) is 0 Å². The Bertz CT molecular complexity index is 671. The van der Waals surface area contributed by atoms with E-state index >= 15 is 0 Å². The van der Waals surface area contributed by atoms with E-state index in [1.165, 1.54) is 0 Å². The lowest BCUT2D eigenvalue weighted by Crippen LogP contribution is -2.23. The first-order chi connectivity index (χ1) is 12.0. The van der Waals surface area contributed by atoms with Gasteiger partial charge >= 0.3 is 0 Å². The monoisotopic (exact) mass is 361 g/mol. The van der Waals surface area contributed by atoms with Crippen LogP contribution in [0.15, 0.2) is 48.5 Å². The summed E-state index contributed by atoms with van der Waals surface area (Å²) < 4.78 is 11.2. The molecule has 5 heteroatoms. The first kappa shape index (κ1) is 19.1. The van der Waals surface area contributed by atoms with E-state index in [4.69, 9.17) is 21.1 Å². The van der Waals surface area contributed by atoms with Gasteiger partial charge in [-0.15, -0.1) is 0 Å². The molecule has 134 valence electrons. The molecule has 0 radical (unpaired) electrons. The highest BCUT2D eigenvalue weighted by molar-refractivity contribution is 6.30. The number of amides is 1. The van der Waals surface area contributed by atoms with Crippen molar-refractivity contribution in [3.8, 4) is 11.5 Å². The second-order valence-corrected chi connectivity index (χ2v) is 6.43. The van der Waals surface area contributed by atoms with Crippen molar-refractivity contribution < 1.29 is 14.3 Å². The average molecular weight is 362 g/mol.